The van der Waals surface area contributed by atoms with Gasteiger partial charge in [-0.15, -0.1) is 0 Å². The summed E-state index contributed by atoms with van der Waals surface area (Å²) in [7, 11) is 0. The Balaban J connectivity index is 1.63. The van der Waals surface area contributed by atoms with Crippen molar-refractivity contribution >= 4 is 33.2 Å². The van der Waals surface area contributed by atoms with Crippen LogP contribution in [0.2, 0.25) is 0 Å². The number of aryl methyl sites for hydroxylation is 1. The number of rotatable bonds is 4. The Hall–Kier alpha value is -2.41. The molecule has 6 nitrogen and oxygen atoms in total. The van der Waals surface area contributed by atoms with Crippen LogP contribution in [0.1, 0.15) is 11.1 Å². The lowest BCUT2D eigenvalue weighted by molar-refractivity contribution is -0.384. The van der Waals surface area contributed by atoms with Crippen molar-refractivity contribution in [3.05, 3.63) is 68.2 Å². The Morgan fingerprint density at radius 1 is 1.12 bits per heavy atom. The molecule has 3 rings (SSSR count). The number of nitro groups is 1. The number of carbonyl (C=O) groups is 1. The zero-order valence-corrected chi connectivity index (χ0v) is 16.1. The summed E-state index contributed by atoms with van der Waals surface area (Å²) in [5.74, 6) is 0.0961. The van der Waals surface area contributed by atoms with Crippen LogP contribution in [-0.2, 0) is 11.2 Å². The number of nitrogens with zero attached hydrogens (tertiary/aromatic N) is 3. The van der Waals surface area contributed by atoms with E-state index < -0.39 is 0 Å². The first-order valence-corrected chi connectivity index (χ1v) is 9.25. The number of nitro benzene ring substituents is 1. The number of hydrogen-bond donors (Lipinski definition) is 0. The Morgan fingerprint density at radius 2 is 1.77 bits per heavy atom. The van der Waals surface area contributed by atoms with Gasteiger partial charge >= 0.3 is 0 Å². The third-order valence-electron chi connectivity index (χ3n) is 4.58. The summed E-state index contributed by atoms with van der Waals surface area (Å²) in [4.78, 5) is 27.3. The van der Waals surface area contributed by atoms with E-state index in [4.69, 9.17) is 0 Å². The number of anilines is 1. The van der Waals surface area contributed by atoms with Gasteiger partial charge in [0.2, 0.25) is 5.91 Å². The fraction of sp³-hybridized carbons (Fsp3) is 0.316. The van der Waals surface area contributed by atoms with E-state index >= 15 is 0 Å². The molecule has 7 heteroatoms. The lowest BCUT2D eigenvalue weighted by Crippen LogP contribution is -2.49. The molecule has 0 atom stereocenters. The summed E-state index contributed by atoms with van der Waals surface area (Å²) < 4.78 is 0.680. The molecule has 2 aromatic carbocycles. The molecule has 2 aromatic rings. The van der Waals surface area contributed by atoms with Crippen molar-refractivity contribution in [3.63, 3.8) is 0 Å². The molecule has 1 aliphatic rings. The van der Waals surface area contributed by atoms with Crippen molar-refractivity contribution in [2.24, 2.45) is 0 Å². The van der Waals surface area contributed by atoms with Crippen molar-refractivity contribution in [1.29, 1.82) is 0 Å². The van der Waals surface area contributed by atoms with Crippen LogP contribution >= 0.6 is 15.9 Å². The van der Waals surface area contributed by atoms with Gasteiger partial charge in [0.15, 0.2) is 0 Å². The lowest BCUT2D eigenvalue weighted by Gasteiger charge is -2.36. The highest BCUT2D eigenvalue weighted by Gasteiger charge is 2.25. The molecule has 0 N–H and O–H groups in total. The van der Waals surface area contributed by atoms with Gasteiger partial charge in [-0.05, 0) is 24.6 Å². The molecule has 1 fully saturated rings. The van der Waals surface area contributed by atoms with E-state index in [9.17, 15) is 14.9 Å². The van der Waals surface area contributed by atoms with Gasteiger partial charge in [-0.3, -0.25) is 14.9 Å². The molecule has 0 radical (unpaired) electrons. The van der Waals surface area contributed by atoms with Gasteiger partial charge in [-0.25, -0.2) is 0 Å². The van der Waals surface area contributed by atoms with Gasteiger partial charge in [0.1, 0.15) is 5.69 Å². The van der Waals surface area contributed by atoms with Gasteiger partial charge in [0.05, 0.1) is 11.3 Å². The minimum absolute atomic E-state index is 0.0822. The lowest BCUT2D eigenvalue weighted by atomic mass is 10.1. The van der Waals surface area contributed by atoms with Crippen molar-refractivity contribution in [2.75, 3.05) is 31.1 Å². The van der Waals surface area contributed by atoms with Crippen LogP contribution in [0, 0.1) is 17.0 Å². The molecule has 0 spiro atoms. The fourth-order valence-corrected chi connectivity index (χ4v) is 3.45. The van der Waals surface area contributed by atoms with Crippen LogP contribution < -0.4 is 4.90 Å². The largest absolute Gasteiger partial charge is 0.362 e. The van der Waals surface area contributed by atoms with Gasteiger partial charge in [0.25, 0.3) is 5.69 Å². The Morgan fingerprint density at radius 3 is 2.38 bits per heavy atom. The first-order valence-electron chi connectivity index (χ1n) is 8.46. The highest BCUT2D eigenvalue weighted by molar-refractivity contribution is 9.10. The van der Waals surface area contributed by atoms with E-state index in [-0.39, 0.29) is 16.5 Å². The summed E-state index contributed by atoms with van der Waals surface area (Å²) in [5.41, 5.74) is 2.86. The Kier molecular flexibility index (Phi) is 5.56. The first-order chi connectivity index (χ1) is 12.4. The third-order valence-corrected chi connectivity index (χ3v) is 5.08. The predicted molar refractivity (Wildman–Crippen MR) is 104 cm³/mol. The molecule has 1 saturated heterocycles. The second-order valence-electron chi connectivity index (χ2n) is 6.42. The highest BCUT2D eigenvalue weighted by atomic mass is 79.9. The summed E-state index contributed by atoms with van der Waals surface area (Å²) in [6, 6.07) is 13.1. The zero-order chi connectivity index (χ0) is 18.7. The maximum Gasteiger partial charge on any atom is 0.293 e. The molecule has 0 unspecified atom stereocenters. The number of amides is 1. The molecule has 136 valence electrons. The van der Waals surface area contributed by atoms with E-state index in [1.807, 2.05) is 41.0 Å². The fourth-order valence-electron chi connectivity index (χ4n) is 3.10. The van der Waals surface area contributed by atoms with Crippen molar-refractivity contribution < 1.29 is 9.72 Å². The molecule has 0 aliphatic carbocycles. The van der Waals surface area contributed by atoms with Crippen LogP contribution in [0.5, 0.6) is 0 Å². The van der Waals surface area contributed by atoms with Crippen molar-refractivity contribution in [3.8, 4) is 0 Å². The summed E-state index contributed by atoms with van der Waals surface area (Å²) >= 11 is 3.28. The maximum atomic E-state index is 12.5. The van der Waals surface area contributed by atoms with E-state index in [1.54, 1.807) is 12.1 Å². The molecular formula is C19H20BrN3O3. The number of hydrogen-bond acceptors (Lipinski definition) is 4. The first kappa shape index (κ1) is 18.4. The number of halogens is 1. The quantitative estimate of drug-likeness (QED) is 0.563. The number of piperazine rings is 1. The average molecular weight is 418 g/mol. The highest BCUT2D eigenvalue weighted by Crippen LogP contribution is 2.31. The molecule has 0 saturated carbocycles. The average Bonchev–Trinajstić information content (AvgIpc) is 2.63. The van der Waals surface area contributed by atoms with E-state index in [1.165, 1.54) is 11.6 Å². The Labute approximate surface area is 160 Å². The second-order valence-corrected chi connectivity index (χ2v) is 7.34. The second kappa shape index (κ2) is 7.86. The van der Waals surface area contributed by atoms with Gasteiger partial charge < -0.3 is 9.80 Å². The van der Waals surface area contributed by atoms with Crippen molar-refractivity contribution in [1.82, 2.24) is 4.90 Å². The van der Waals surface area contributed by atoms with Gasteiger partial charge in [-0.2, -0.15) is 0 Å². The van der Waals surface area contributed by atoms with Crippen LogP contribution in [0.25, 0.3) is 0 Å². The van der Waals surface area contributed by atoms with E-state index in [0.29, 0.717) is 42.8 Å². The molecule has 0 aromatic heterocycles. The standard InChI is InChI=1S/C19H20BrN3O3/c1-14-2-4-15(5-3-14)12-19(24)22-10-8-21(9-11-22)17-7-6-16(20)13-18(17)23(25)26/h2-7,13H,8-12H2,1H3. The normalized spacial score (nSPS) is 14.4. The monoisotopic (exact) mass is 417 g/mol. The molecule has 1 heterocycles. The van der Waals surface area contributed by atoms with Crippen molar-refractivity contribution in [2.45, 2.75) is 13.3 Å². The van der Waals surface area contributed by atoms with E-state index in [2.05, 4.69) is 15.9 Å². The Bertz CT molecular complexity index is 815. The summed E-state index contributed by atoms with van der Waals surface area (Å²) in [5, 5.41) is 11.3. The van der Waals surface area contributed by atoms with Crippen LogP contribution in [0.3, 0.4) is 0 Å². The van der Waals surface area contributed by atoms with Gasteiger partial charge in [-0.1, -0.05) is 45.8 Å². The van der Waals surface area contributed by atoms with Gasteiger partial charge in [0, 0.05) is 36.7 Å². The molecule has 26 heavy (non-hydrogen) atoms. The molecule has 0 bridgehead atoms. The number of carbonyl (C=O) groups excluding carboxylic acids is 1. The maximum absolute atomic E-state index is 12.5. The topological polar surface area (TPSA) is 66.7 Å². The molecular weight excluding hydrogens is 398 g/mol. The summed E-state index contributed by atoms with van der Waals surface area (Å²) in [6.45, 7) is 4.33. The zero-order valence-electron chi connectivity index (χ0n) is 14.5. The third kappa shape index (κ3) is 4.22. The minimum atomic E-state index is -0.366. The van der Waals surface area contributed by atoms with Crippen LogP contribution in [-0.4, -0.2) is 41.9 Å². The SMILES string of the molecule is Cc1ccc(CC(=O)N2CCN(c3ccc(Br)cc3[N+](=O)[O-])CC2)cc1. The van der Waals surface area contributed by atoms with E-state index in [0.717, 1.165) is 5.56 Å². The minimum Gasteiger partial charge on any atom is -0.362 e. The number of benzene rings is 2. The predicted octanol–water partition coefficient (Wildman–Crippen LogP) is 3.56. The molecule has 1 aliphatic heterocycles. The van der Waals surface area contributed by atoms with Crippen LogP contribution in [0.4, 0.5) is 11.4 Å². The molecule has 1 amide bonds. The van der Waals surface area contributed by atoms with Crippen LogP contribution in [0.15, 0.2) is 46.9 Å². The smallest absolute Gasteiger partial charge is 0.293 e. The summed E-state index contributed by atoms with van der Waals surface area (Å²) in [6.07, 6.45) is 0.388.